The zero-order valence-corrected chi connectivity index (χ0v) is 16.8. The Balaban J connectivity index is 2.07. The third-order valence-corrected chi connectivity index (χ3v) is 5.20. The van der Waals surface area contributed by atoms with Crippen molar-refractivity contribution in [1.82, 2.24) is 0 Å². The van der Waals surface area contributed by atoms with Crippen LogP contribution >= 0.6 is 0 Å². The second kappa shape index (κ2) is 6.77. The Bertz CT molecular complexity index is 1200. The standard InChI is InChI=1S/C22H20NO6/c1-23-10-11-6-15(26-2)16(27-3)7-12(11)19-20(23)22(25)14-9-18(29-5)17(28-4)8-13(14)21(19)24/h6-10H,1-5H3/q+1. The maximum Gasteiger partial charge on any atom is 0.265 e. The number of hydrogen-bond acceptors (Lipinski definition) is 6. The number of fused-ring (bicyclic) bond motifs is 4. The van der Waals surface area contributed by atoms with Gasteiger partial charge in [-0.05, 0) is 24.3 Å². The molecule has 0 amide bonds. The molecule has 7 heteroatoms. The number of pyridine rings is 1. The van der Waals surface area contributed by atoms with Crippen LogP contribution in [0.25, 0.3) is 10.8 Å². The normalized spacial score (nSPS) is 12.4. The van der Waals surface area contributed by atoms with Crippen LogP contribution < -0.4 is 23.5 Å². The van der Waals surface area contributed by atoms with Crippen LogP contribution in [0.5, 0.6) is 23.0 Å². The van der Waals surface area contributed by atoms with E-state index in [1.54, 1.807) is 49.2 Å². The molecular weight excluding hydrogens is 374 g/mol. The zero-order chi connectivity index (χ0) is 20.9. The van der Waals surface area contributed by atoms with Gasteiger partial charge in [0.05, 0.1) is 33.8 Å². The predicted molar refractivity (Wildman–Crippen MR) is 105 cm³/mol. The van der Waals surface area contributed by atoms with Crippen molar-refractivity contribution >= 4 is 22.3 Å². The quantitative estimate of drug-likeness (QED) is 0.495. The molecule has 0 saturated carbocycles. The molecule has 29 heavy (non-hydrogen) atoms. The number of aromatic nitrogens is 1. The highest BCUT2D eigenvalue weighted by Crippen LogP contribution is 2.39. The Hall–Kier alpha value is -3.61. The van der Waals surface area contributed by atoms with Gasteiger partial charge in [0.1, 0.15) is 12.6 Å². The smallest absolute Gasteiger partial charge is 0.265 e. The minimum atomic E-state index is -0.260. The van der Waals surface area contributed by atoms with Gasteiger partial charge in [0, 0.05) is 16.5 Å². The van der Waals surface area contributed by atoms with E-state index in [1.807, 2.05) is 0 Å². The number of methoxy groups -OCH3 is 4. The van der Waals surface area contributed by atoms with Crippen molar-refractivity contribution in [2.24, 2.45) is 7.05 Å². The van der Waals surface area contributed by atoms with Gasteiger partial charge in [-0.3, -0.25) is 9.59 Å². The molecule has 0 unspecified atom stereocenters. The molecule has 1 aromatic heterocycles. The summed E-state index contributed by atoms with van der Waals surface area (Å²) >= 11 is 0. The molecule has 0 aliphatic heterocycles. The van der Waals surface area contributed by atoms with Crippen LogP contribution in [0.1, 0.15) is 32.0 Å². The molecule has 0 saturated heterocycles. The molecule has 3 aromatic rings. The van der Waals surface area contributed by atoms with Gasteiger partial charge in [0.2, 0.25) is 5.78 Å². The van der Waals surface area contributed by atoms with Crippen LogP contribution in [0.15, 0.2) is 30.5 Å². The lowest BCUT2D eigenvalue weighted by atomic mass is 9.84. The molecule has 1 heterocycles. The summed E-state index contributed by atoms with van der Waals surface area (Å²) in [6.07, 6.45) is 1.80. The largest absolute Gasteiger partial charge is 0.493 e. The average Bonchev–Trinajstić information content (AvgIpc) is 2.74. The average molecular weight is 394 g/mol. The van der Waals surface area contributed by atoms with Gasteiger partial charge in [-0.2, -0.15) is 4.57 Å². The SMILES string of the molecule is COc1cc2c(cc1OC)C(=O)c1c(c3cc(OC)c(OC)cc3c[n+]1C)C2=O. The summed E-state index contributed by atoms with van der Waals surface area (Å²) in [4.78, 5) is 26.8. The van der Waals surface area contributed by atoms with Gasteiger partial charge in [0.15, 0.2) is 29.2 Å². The Morgan fingerprint density at radius 2 is 1.17 bits per heavy atom. The fourth-order valence-electron chi connectivity index (χ4n) is 3.82. The van der Waals surface area contributed by atoms with Crippen molar-refractivity contribution < 1.29 is 33.1 Å². The molecule has 148 valence electrons. The van der Waals surface area contributed by atoms with Crippen LogP contribution in [-0.2, 0) is 7.05 Å². The summed E-state index contributed by atoms with van der Waals surface area (Å²) in [7, 11) is 7.79. The number of hydrogen-bond donors (Lipinski definition) is 0. The van der Waals surface area contributed by atoms with E-state index in [0.717, 1.165) is 5.39 Å². The van der Waals surface area contributed by atoms with Gasteiger partial charge in [-0.15, -0.1) is 0 Å². The summed E-state index contributed by atoms with van der Waals surface area (Å²) in [5.74, 6) is 1.29. The van der Waals surface area contributed by atoms with Crippen LogP contribution in [0.3, 0.4) is 0 Å². The minimum Gasteiger partial charge on any atom is -0.493 e. The molecule has 0 fully saturated rings. The lowest BCUT2D eigenvalue weighted by Gasteiger charge is -2.19. The summed E-state index contributed by atoms with van der Waals surface area (Å²) in [5, 5.41) is 1.38. The van der Waals surface area contributed by atoms with Crippen LogP contribution in [0.4, 0.5) is 0 Å². The number of aryl methyl sites for hydroxylation is 1. The first-order valence-corrected chi connectivity index (χ1v) is 8.88. The summed E-state index contributed by atoms with van der Waals surface area (Å²) in [6.45, 7) is 0. The van der Waals surface area contributed by atoms with Crippen molar-refractivity contribution in [2.75, 3.05) is 28.4 Å². The number of carbonyl (C=O) groups is 2. The summed E-state index contributed by atoms with van der Waals surface area (Å²) in [5.41, 5.74) is 1.21. The van der Waals surface area contributed by atoms with Crippen LogP contribution in [0.2, 0.25) is 0 Å². The van der Waals surface area contributed by atoms with E-state index in [9.17, 15) is 9.59 Å². The number of carbonyl (C=O) groups excluding carboxylic acids is 2. The van der Waals surface area contributed by atoms with E-state index in [0.29, 0.717) is 39.6 Å². The highest BCUT2D eigenvalue weighted by Gasteiger charge is 2.39. The van der Waals surface area contributed by atoms with Crippen molar-refractivity contribution in [3.05, 3.63) is 52.8 Å². The van der Waals surface area contributed by atoms with E-state index in [-0.39, 0.29) is 22.7 Å². The molecule has 0 N–H and O–H groups in total. The first-order valence-electron chi connectivity index (χ1n) is 8.88. The van der Waals surface area contributed by atoms with Crippen molar-refractivity contribution in [3.63, 3.8) is 0 Å². The second-order valence-corrected chi connectivity index (χ2v) is 6.67. The van der Waals surface area contributed by atoms with E-state index in [1.165, 1.54) is 21.3 Å². The van der Waals surface area contributed by atoms with Gasteiger partial charge in [-0.1, -0.05) is 0 Å². The molecule has 2 aromatic carbocycles. The zero-order valence-electron chi connectivity index (χ0n) is 16.8. The second-order valence-electron chi connectivity index (χ2n) is 6.67. The van der Waals surface area contributed by atoms with Gasteiger partial charge >= 0.3 is 0 Å². The third-order valence-electron chi connectivity index (χ3n) is 5.20. The molecule has 0 bridgehead atoms. The van der Waals surface area contributed by atoms with E-state index >= 15 is 0 Å². The van der Waals surface area contributed by atoms with Crippen molar-refractivity contribution in [3.8, 4) is 23.0 Å². The lowest BCUT2D eigenvalue weighted by molar-refractivity contribution is -0.672. The van der Waals surface area contributed by atoms with Crippen molar-refractivity contribution in [1.29, 1.82) is 0 Å². The number of nitrogens with zero attached hydrogens (tertiary/aromatic N) is 1. The fourth-order valence-corrected chi connectivity index (χ4v) is 3.82. The molecule has 7 nitrogen and oxygen atoms in total. The molecule has 1 aliphatic rings. The molecular formula is C22H20NO6+. The number of rotatable bonds is 4. The number of benzene rings is 2. The minimum absolute atomic E-state index is 0.255. The highest BCUT2D eigenvalue weighted by molar-refractivity contribution is 6.31. The van der Waals surface area contributed by atoms with E-state index < -0.39 is 0 Å². The molecule has 0 atom stereocenters. The Morgan fingerprint density at radius 1 is 0.690 bits per heavy atom. The Morgan fingerprint density at radius 3 is 1.72 bits per heavy atom. The maximum atomic E-state index is 13.5. The highest BCUT2D eigenvalue weighted by atomic mass is 16.5. The monoisotopic (exact) mass is 394 g/mol. The topological polar surface area (TPSA) is 74.9 Å². The summed E-state index contributed by atoms with van der Waals surface area (Å²) < 4.78 is 23.1. The predicted octanol–water partition coefficient (Wildman–Crippen LogP) is 2.47. The van der Waals surface area contributed by atoms with Crippen LogP contribution in [0, 0.1) is 0 Å². The van der Waals surface area contributed by atoms with E-state index in [2.05, 4.69) is 0 Å². The fraction of sp³-hybridized carbons (Fsp3) is 0.227. The lowest BCUT2D eigenvalue weighted by Crippen LogP contribution is -2.41. The van der Waals surface area contributed by atoms with E-state index in [4.69, 9.17) is 18.9 Å². The number of ether oxygens (including phenoxy) is 4. The van der Waals surface area contributed by atoms with Crippen molar-refractivity contribution in [2.45, 2.75) is 0 Å². The first kappa shape index (κ1) is 18.7. The third kappa shape index (κ3) is 2.61. The Labute approximate surface area is 167 Å². The Kier molecular flexibility index (Phi) is 4.38. The maximum absolute atomic E-state index is 13.5. The van der Waals surface area contributed by atoms with Gasteiger partial charge < -0.3 is 18.9 Å². The molecule has 1 aliphatic carbocycles. The summed E-state index contributed by atoms with van der Waals surface area (Å²) in [6, 6.07) is 6.62. The van der Waals surface area contributed by atoms with Gasteiger partial charge in [0.25, 0.3) is 11.5 Å². The van der Waals surface area contributed by atoms with Crippen LogP contribution in [-0.4, -0.2) is 40.0 Å². The molecule has 0 radical (unpaired) electrons. The molecule has 0 spiro atoms. The van der Waals surface area contributed by atoms with Gasteiger partial charge in [-0.25, -0.2) is 0 Å². The first-order chi connectivity index (χ1) is 13.9. The molecule has 4 rings (SSSR count). The number of ketones is 2.